The second-order valence-electron chi connectivity index (χ2n) is 12.0. The highest BCUT2D eigenvalue weighted by molar-refractivity contribution is 5.49. The largest absolute Gasteiger partial charge is 0.507 e. The van der Waals surface area contributed by atoms with Crippen molar-refractivity contribution in [3.05, 3.63) is 28.8 Å². The molecule has 31 heavy (non-hydrogen) atoms. The Morgan fingerprint density at radius 2 is 0.968 bits per heavy atom. The number of benzene rings is 1. The lowest BCUT2D eigenvalue weighted by Crippen LogP contribution is -2.18. The number of phenolic OH excluding ortho intramolecular Hbond substituents is 1. The van der Waals surface area contributed by atoms with E-state index in [0.29, 0.717) is 5.75 Å². The van der Waals surface area contributed by atoms with Gasteiger partial charge in [-0.05, 0) is 67.4 Å². The van der Waals surface area contributed by atoms with E-state index in [0.717, 1.165) is 17.5 Å². The molecule has 1 aromatic rings. The Labute approximate surface area is 194 Å². The molecule has 0 unspecified atom stereocenters. The van der Waals surface area contributed by atoms with Crippen LogP contribution in [0.4, 0.5) is 0 Å². The highest BCUT2D eigenvalue weighted by Crippen LogP contribution is 2.40. The summed E-state index contributed by atoms with van der Waals surface area (Å²) in [4.78, 5) is 2.29. The van der Waals surface area contributed by atoms with Gasteiger partial charge in [-0.15, -0.1) is 0 Å². The van der Waals surface area contributed by atoms with Crippen LogP contribution in [0, 0.1) is 0 Å². The van der Waals surface area contributed by atoms with Gasteiger partial charge in [0.1, 0.15) is 5.75 Å². The zero-order chi connectivity index (χ0) is 23.5. The third kappa shape index (κ3) is 11.4. The zero-order valence-electron chi connectivity index (χ0n) is 22.2. The molecule has 0 atom stereocenters. The molecule has 1 N–H and O–H groups in total. The Morgan fingerprint density at radius 3 is 1.32 bits per heavy atom. The number of unbranched alkanes of at least 4 members (excludes halogenated alkanes) is 10. The number of rotatable bonds is 14. The summed E-state index contributed by atoms with van der Waals surface area (Å²) in [5.41, 5.74) is 3.51. The molecule has 0 radical (unpaired) electrons. The molecule has 1 rings (SSSR count). The monoisotopic (exact) mass is 431 g/mol. The Hall–Kier alpha value is -1.02. The topological polar surface area (TPSA) is 23.5 Å². The summed E-state index contributed by atoms with van der Waals surface area (Å²) >= 11 is 0. The van der Waals surface area contributed by atoms with E-state index in [1.165, 1.54) is 82.7 Å². The third-order valence-corrected chi connectivity index (χ3v) is 6.36. The van der Waals surface area contributed by atoms with Gasteiger partial charge in [0.2, 0.25) is 0 Å². The lowest BCUT2D eigenvalue weighted by atomic mass is 9.78. The quantitative estimate of drug-likeness (QED) is 0.299. The molecule has 0 aromatic heterocycles. The molecule has 0 aliphatic rings. The maximum absolute atomic E-state index is 10.9. The first-order chi connectivity index (χ1) is 14.4. The molecule has 0 amide bonds. The fourth-order valence-electron chi connectivity index (χ4n) is 4.33. The van der Waals surface area contributed by atoms with Crippen LogP contribution in [0.15, 0.2) is 12.1 Å². The van der Waals surface area contributed by atoms with Crippen LogP contribution < -0.4 is 0 Å². The summed E-state index contributed by atoms with van der Waals surface area (Å²) in [5.74, 6) is 0.501. The van der Waals surface area contributed by atoms with Crippen LogP contribution in [0.1, 0.15) is 129 Å². The minimum atomic E-state index is -0.0353. The van der Waals surface area contributed by atoms with E-state index in [9.17, 15) is 5.11 Å². The van der Waals surface area contributed by atoms with E-state index in [-0.39, 0.29) is 10.8 Å². The zero-order valence-corrected chi connectivity index (χ0v) is 22.2. The molecule has 2 nitrogen and oxygen atoms in total. The molecule has 0 aliphatic heterocycles. The van der Waals surface area contributed by atoms with Crippen molar-refractivity contribution < 1.29 is 5.11 Å². The first kappa shape index (κ1) is 28.0. The Morgan fingerprint density at radius 1 is 0.613 bits per heavy atom. The lowest BCUT2D eigenvalue weighted by Gasteiger charge is -2.28. The van der Waals surface area contributed by atoms with Crippen LogP contribution >= 0.6 is 0 Å². The van der Waals surface area contributed by atoms with Crippen molar-refractivity contribution in [2.24, 2.45) is 0 Å². The maximum atomic E-state index is 10.9. The normalized spacial score (nSPS) is 12.7. The van der Waals surface area contributed by atoms with Gasteiger partial charge >= 0.3 is 0 Å². The van der Waals surface area contributed by atoms with Crippen LogP contribution in [0.3, 0.4) is 0 Å². The summed E-state index contributed by atoms with van der Waals surface area (Å²) in [6.45, 7) is 14.4. The smallest absolute Gasteiger partial charge is 0.123 e. The predicted octanol–water partition coefficient (Wildman–Crippen LogP) is 8.38. The molecule has 0 fully saturated rings. The Balaban J connectivity index is 2.29. The van der Waals surface area contributed by atoms with Gasteiger partial charge in [-0.3, -0.25) is 0 Å². The van der Waals surface area contributed by atoms with Crippen LogP contribution in [0.5, 0.6) is 5.75 Å². The van der Waals surface area contributed by atoms with Crippen molar-refractivity contribution in [1.82, 2.24) is 4.90 Å². The Bertz CT molecular complexity index is 584. The highest BCUT2D eigenvalue weighted by Gasteiger charge is 2.26. The van der Waals surface area contributed by atoms with Crippen LogP contribution in [0.2, 0.25) is 0 Å². The van der Waals surface area contributed by atoms with Crippen molar-refractivity contribution in [2.75, 3.05) is 20.6 Å². The minimum Gasteiger partial charge on any atom is -0.507 e. The van der Waals surface area contributed by atoms with Gasteiger partial charge in [-0.1, -0.05) is 111 Å². The average Bonchev–Trinajstić information content (AvgIpc) is 2.64. The van der Waals surface area contributed by atoms with Crippen molar-refractivity contribution in [3.63, 3.8) is 0 Å². The molecule has 0 spiro atoms. The van der Waals surface area contributed by atoms with Crippen LogP contribution in [-0.4, -0.2) is 30.6 Å². The second kappa shape index (κ2) is 13.5. The molecule has 0 saturated carbocycles. The lowest BCUT2D eigenvalue weighted by molar-refractivity contribution is 0.389. The van der Waals surface area contributed by atoms with E-state index in [4.69, 9.17) is 0 Å². The molecule has 2 heteroatoms. The van der Waals surface area contributed by atoms with Crippen molar-refractivity contribution in [2.45, 2.75) is 129 Å². The predicted molar refractivity (Wildman–Crippen MR) is 139 cm³/mol. The molecule has 0 aliphatic carbocycles. The van der Waals surface area contributed by atoms with Crippen molar-refractivity contribution >= 4 is 0 Å². The van der Waals surface area contributed by atoms with Gasteiger partial charge in [0.15, 0.2) is 0 Å². The molecule has 180 valence electrons. The van der Waals surface area contributed by atoms with Gasteiger partial charge in [0.05, 0.1) is 0 Å². The first-order valence-electron chi connectivity index (χ1n) is 12.9. The summed E-state index contributed by atoms with van der Waals surface area (Å²) in [5, 5.41) is 10.9. The van der Waals surface area contributed by atoms with E-state index in [1.54, 1.807) is 0 Å². The van der Waals surface area contributed by atoms with Gasteiger partial charge < -0.3 is 10.0 Å². The van der Waals surface area contributed by atoms with Gasteiger partial charge in [0, 0.05) is 0 Å². The highest BCUT2D eigenvalue weighted by atomic mass is 16.3. The summed E-state index contributed by atoms with van der Waals surface area (Å²) in [6.07, 6.45) is 16.2. The average molecular weight is 432 g/mol. The molecule has 0 heterocycles. The van der Waals surface area contributed by atoms with Gasteiger partial charge in [-0.2, -0.15) is 0 Å². The number of aryl methyl sites for hydroxylation is 1. The number of hydrogen-bond acceptors (Lipinski definition) is 2. The number of hydrogen-bond donors (Lipinski definition) is 1. The minimum absolute atomic E-state index is 0.0353. The van der Waals surface area contributed by atoms with Crippen LogP contribution in [-0.2, 0) is 17.3 Å². The maximum Gasteiger partial charge on any atom is 0.123 e. The van der Waals surface area contributed by atoms with E-state index >= 15 is 0 Å². The molecular formula is C29H53NO. The summed E-state index contributed by atoms with van der Waals surface area (Å²) < 4.78 is 0. The van der Waals surface area contributed by atoms with E-state index in [1.807, 2.05) is 0 Å². The number of nitrogens with zero attached hydrogens (tertiary/aromatic N) is 1. The van der Waals surface area contributed by atoms with E-state index in [2.05, 4.69) is 72.7 Å². The second-order valence-corrected chi connectivity index (χ2v) is 12.0. The van der Waals surface area contributed by atoms with E-state index < -0.39 is 0 Å². The van der Waals surface area contributed by atoms with Crippen molar-refractivity contribution in [1.29, 1.82) is 0 Å². The SMILES string of the molecule is CN(C)CCCCCCCCCCCCCc1cc(C(C)(C)C)c(O)c(C(C)(C)C)c1. The fraction of sp³-hybridized carbons (Fsp3) is 0.793. The van der Waals surface area contributed by atoms with Gasteiger partial charge in [0.25, 0.3) is 0 Å². The fourth-order valence-corrected chi connectivity index (χ4v) is 4.33. The molecule has 0 bridgehead atoms. The first-order valence-corrected chi connectivity index (χ1v) is 12.9. The molecule has 0 saturated heterocycles. The number of aromatic hydroxyl groups is 1. The summed E-state index contributed by atoms with van der Waals surface area (Å²) in [6, 6.07) is 4.51. The van der Waals surface area contributed by atoms with Crippen LogP contribution in [0.25, 0.3) is 0 Å². The Kier molecular flexibility index (Phi) is 12.2. The van der Waals surface area contributed by atoms with Gasteiger partial charge in [-0.25, -0.2) is 0 Å². The third-order valence-electron chi connectivity index (χ3n) is 6.36. The standard InChI is InChI=1S/C29H53NO/c1-28(2,3)25-22-24(23-26(27(25)31)29(4,5)6)20-18-16-14-12-10-9-11-13-15-17-19-21-30(7)8/h22-23,31H,9-21H2,1-8H3. The number of phenols is 1. The van der Waals surface area contributed by atoms with Crippen molar-refractivity contribution in [3.8, 4) is 5.75 Å². The molecule has 1 aromatic carbocycles. The summed E-state index contributed by atoms with van der Waals surface area (Å²) in [7, 11) is 4.33. The molecular weight excluding hydrogens is 378 g/mol.